The SMILES string of the molecule is Cc1cc(C(=O)Nc2cc(NC(=O)OC(C)(C)C)ccc2F)c2ccccc2n1. The Morgan fingerprint density at radius 2 is 1.76 bits per heavy atom. The van der Waals surface area contributed by atoms with E-state index in [1.807, 2.05) is 18.2 Å². The molecule has 3 rings (SSSR count). The van der Waals surface area contributed by atoms with Crippen LogP contribution in [0.3, 0.4) is 0 Å². The summed E-state index contributed by atoms with van der Waals surface area (Å²) in [5.74, 6) is -1.09. The maximum absolute atomic E-state index is 14.3. The third kappa shape index (κ3) is 5.07. The van der Waals surface area contributed by atoms with Gasteiger partial charge < -0.3 is 10.1 Å². The number of carbonyl (C=O) groups excluding carboxylic acids is 2. The van der Waals surface area contributed by atoms with Crippen LogP contribution in [0.4, 0.5) is 20.6 Å². The number of nitrogens with one attached hydrogen (secondary N) is 2. The Balaban J connectivity index is 1.85. The van der Waals surface area contributed by atoms with Crippen molar-refractivity contribution >= 4 is 34.3 Å². The van der Waals surface area contributed by atoms with E-state index >= 15 is 0 Å². The molecule has 1 aromatic heterocycles. The summed E-state index contributed by atoms with van der Waals surface area (Å²) in [6.07, 6.45) is -0.669. The Bertz CT molecular complexity index is 1090. The predicted molar refractivity (Wildman–Crippen MR) is 111 cm³/mol. The van der Waals surface area contributed by atoms with Gasteiger partial charge in [0.2, 0.25) is 0 Å². The lowest BCUT2D eigenvalue weighted by Gasteiger charge is -2.20. The van der Waals surface area contributed by atoms with E-state index in [0.717, 1.165) is 6.07 Å². The monoisotopic (exact) mass is 395 g/mol. The molecule has 0 unspecified atom stereocenters. The van der Waals surface area contributed by atoms with Gasteiger partial charge in [-0.2, -0.15) is 0 Å². The van der Waals surface area contributed by atoms with Gasteiger partial charge in [0, 0.05) is 16.8 Å². The number of amides is 2. The molecule has 0 atom stereocenters. The van der Waals surface area contributed by atoms with Crippen molar-refractivity contribution in [1.29, 1.82) is 0 Å². The molecular formula is C22H22FN3O3. The molecule has 0 aliphatic heterocycles. The minimum Gasteiger partial charge on any atom is -0.444 e. The van der Waals surface area contributed by atoms with Gasteiger partial charge in [-0.15, -0.1) is 0 Å². The van der Waals surface area contributed by atoms with Crippen molar-refractivity contribution in [3.8, 4) is 0 Å². The Morgan fingerprint density at radius 1 is 1.03 bits per heavy atom. The molecule has 0 saturated heterocycles. The van der Waals surface area contributed by atoms with Gasteiger partial charge >= 0.3 is 6.09 Å². The molecule has 1 heterocycles. The van der Waals surface area contributed by atoms with Gasteiger partial charge in [-0.05, 0) is 58.0 Å². The summed E-state index contributed by atoms with van der Waals surface area (Å²) >= 11 is 0. The summed E-state index contributed by atoms with van der Waals surface area (Å²) in [6, 6.07) is 12.8. The molecule has 150 valence electrons. The molecule has 0 bridgehead atoms. The molecule has 0 fully saturated rings. The first-order valence-corrected chi connectivity index (χ1v) is 9.10. The van der Waals surface area contributed by atoms with Crippen molar-refractivity contribution in [2.75, 3.05) is 10.6 Å². The quantitative estimate of drug-likeness (QED) is 0.632. The molecule has 2 amide bonds. The van der Waals surface area contributed by atoms with Gasteiger partial charge in [-0.1, -0.05) is 18.2 Å². The van der Waals surface area contributed by atoms with Crippen LogP contribution >= 0.6 is 0 Å². The average molecular weight is 395 g/mol. The third-order valence-electron chi connectivity index (χ3n) is 3.95. The topological polar surface area (TPSA) is 80.3 Å². The summed E-state index contributed by atoms with van der Waals surface area (Å²) in [6.45, 7) is 7.01. The Hall–Kier alpha value is -3.48. The van der Waals surface area contributed by atoms with Crippen LogP contribution in [-0.4, -0.2) is 22.6 Å². The second kappa shape index (κ2) is 7.87. The van der Waals surface area contributed by atoms with E-state index in [4.69, 9.17) is 4.74 Å². The van der Waals surface area contributed by atoms with Crippen LogP contribution in [0.1, 0.15) is 36.8 Å². The number of anilines is 2. The standard InChI is InChI=1S/C22H22FN3O3/c1-13-11-16(15-7-5-6-8-18(15)24-13)20(27)26-19-12-14(9-10-17(19)23)25-21(28)29-22(2,3)4/h5-12H,1-4H3,(H,25,28)(H,26,27). The van der Waals surface area contributed by atoms with Gasteiger partial charge in [0.25, 0.3) is 5.91 Å². The fraction of sp³-hybridized carbons (Fsp3) is 0.227. The highest BCUT2D eigenvalue weighted by molar-refractivity contribution is 6.12. The molecule has 29 heavy (non-hydrogen) atoms. The van der Waals surface area contributed by atoms with E-state index in [2.05, 4.69) is 15.6 Å². The maximum Gasteiger partial charge on any atom is 0.412 e. The zero-order valence-corrected chi connectivity index (χ0v) is 16.7. The number of hydrogen-bond acceptors (Lipinski definition) is 4. The molecule has 6 nitrogen and oxygen atoms in total. The number of fused-ring (bicyclic) bond motifs is 1. The van der Waals surface area contributed by atoms with Crippen molar-refractivity contribution in [3.63, 3.8) is 0 Å². The second-order valence-corrected chi connectivity index (χ2v) is 7.60. The molecule has 0 spiro atoms. The van der Waals surface area contributed by atoms with Crippen molar-refractivity contribution in [3.05, 3.63) is 65.6 Å². The molecule has 0 saturated carbocycles. The number of pyridine rings is 1. The fourth-order valence-corrected chi connectivity index (χ4v) is 2.81. The summed E-state index contributed by atoms with van der Waals surface area (Å²) in [5, 5.41) is 5.77. The van der Waals surface area contributed by atoms with Crippen LogP contribution in [-0.2, 0) is 4.74 Å². The summed E-state index contributed by atoms with van der Waals surface area (Å²) in [4.78, 5) is 29.2. The summed E-state index contributed by atoms with van der Waals surface area (Å²) in [7, 11) is 0. The first kappa shape index (κ1) is 20.3. The number of carbonyl (C=O) groups is 2. The molecule has 0 aliphatic rings. The van der Waals surface area contributed by atoms with Gasteiger partial charge in [-0.3, -0.25) is 15.1 Å². The van der Waals surface area contributed by atoms with Crippen LogP contribution in [0.25, 0.3) is 10.9 Å². The van der Waals surface area contributed by atoms with E-state index < -0.39 is 23.4 Å². The molecule has 0 aliphatic carbocycles. The Labute approximate surface area is 168 Å². The lowest BCUT2D eigenvalue weighted by atomic mass is 10.1. The van der Waals surface area contributed by atoms with Gasteiger partial charge in [0.05, 0.1) is 16.8 Å². The number of rotatable bonds is 3. The van der Waals surface area contributed by atoms with E-state index in [9.17, 15) is 14.0 Å². The normalized spacial score (nSPS) is 11.2. The van der Waals surface area contributed by atoms with Gasteiger partial charge in [0.1, 0.15) is 11.4 Å². The number of benzene rings is 2. The number of para-hydroxylation sites is 1. The molecule has 3 aromatic rings. The smallest absolute Gasteiger partial charge is 0.412 e. The molecule has 2 aromatic carbocycles. The van der Waals surface area contributed by atoms with Crippen LogP contribution < -0.4 is 10.6 Å². The first-order chi connectivity index (χ1) is 13.6. The number of halogens is 1. The van der Waals surface area contributed by atoms with Gasteiger partial charge in [0.15, 0.2) is 0 Å². The Kier molecular flexibility index (Phi) is 5.50. The average Bonchev–Trinajstić information content (AvgIpc) is 2.62. The lowest BCUT2D eigenvalue weighted by molar-refractivity contribution is 0.0635. The minimum atomic E-state index is -0.669. The molecular weight excluding hydrogens is 373 g/mol. The van der Waals surface area contributed by atoms with E-state index in [-0.39, 0.29) is 5.69 Å². The van der Waals surface area contributed by atoms with Crippen molar-refractivity contribution < 1.29 is 18.7 Å². The minimum absolute atomic E-state index is 0.0536. The maximum atomic E-state index is 14.3. The van der Waals surface area contributed by atoms with Crippen molar-refractivity contribution in [2.24, 2.45) is 0 Å². The van der Waals surface area contributed by atoms with Crippen LogP contribution in [0.5, 0.6) is 0 Å². The van der Waals surface area contributed by atoms with E-state index in [1.165, 1.54) is 12.1 Å². The molecule has 2 N–H and O–H groups in total. The highest BCUT2D eigenvalue weighted by Crippen LogP contribution is 2.23. The van der Waals surface area contributed by atoms with Crippen LogP contribution in [0.2, 0.25) is 0 Å². The van der Waals surface area contributed by atoms with Gasteiger partial charge in [-0.25, -0.2) is 9.18 Å². The molecule has 7 heteroatoms. The highest BCUT2D eigenvalue weighted by atomic mass is 19.1. The zero-order valence-electron chi connectivity index (χ0n) is 16.7. The number of nitrogens with zero attached hydrogens (tertiary/aromatic N) is 1. The number of hydrogen-bond donors (Lipinski definition) is 2. The third-order valence-corrected chi connectivity index (χ3v) is 3.95. The van der Waals surface area contributed by atoms with Crippen LogP contribution in [0, 0.1) is 12.7 Å². The fourth-order valence-electron chi connectivity index (χ4n) is 2.81. The number of aromatic nitrogens is 1. The van der Waals surface area contributed by atoms with Crippen LogP contribution in [0.15, 0.2) is 48.5 Å². The van der Waals surface area contributed by atoms with Crippen molar-refractivity contribution in [1.82, 2.24) is 4.98 Å². The largest absolute Gasteiger partial charge is 0.444 e. The predicted octanol–water partition coefficient (Wildman–Crippen LogP) is 5.28. The first-order valence-electron chi connectivity index (χ1n) is 9.10. The summed E-state index contributed by atoms with van der Waals surface area (Å²) < 4.78 is 19.5. The lowest BCUT2D eigenvalue weighted by Crippen LogP contribution is -2.27. The highest BCUT2D eigenvalue weighted by Gasteiger charge is 2.18. The van der Waals surface area contributed by atoms with Crippen molar-refractivity contribution in [2.45, 2.75) is 33.3 Å². The number of aryl methyl sites for hydroxylation is 1. The second-order valence-electron chi connectivity index (χ2n) is 7.60. The zero-order chi connectivity index (χ0) is 21.2. The van der Waals surface area contributed by atoms with E-state index in [0.29, 0.717) is 27.8 Å². The molecule has 0 radical (unpaired) electrons. The van der Waals surface area contributed by atoms with E-state index in [1.54, 1.807) is 39.8 Å². The Morgan fingerprint density at radius 3 is 2.48 bits per heavy atom. The summed E-state index contributed by atoms with van der Waals surface area (Å²) in [5.41, 5.74) is 1.32. The number of ether oxygens (including phenoxy) is 1.